The van der Waals surface area contributed by atoms with Gasteiger partial charge in [0.25, 0.3) is 5.56 Å². The lowest BCUT2D eigenvalue weighted by molar-refractivity contribution is -0.149. The number of hydrogen-bond donors (Lipinski definition) is 1. The predicted molar refractivity (Wildman–Crippen MR) is 159 cm³/mol. The molecule has 41 heavy (non-hydrogen) atoms. The van der Waals surface area contributed by atoms with Crippen LogP contribution in [-0.2, 0) is 29.7 Å². The first-order valence-corrected chi connectivity index (χ1v) is 13.8. The maximum Gasteiger partial charge on any atom is 0.338 e. The molecule has 1 aliphatic rings. The fourth-order valence-corrected chi connectivity index (χ4v) is 5.25. The standard InChI is InChI=1S/C31H35ClN4O5/c1-7-14-35(22-11-9-20(10-12-22)28(38)41-30(2,3)4)18-21-16-23-25(17-24(21)32)33-26(34(6)27(23)37)19-36-15-8-13-31(36,5)29(39)40/h1,9-12,16-17H,8,13-15,18-19H2,2-6H3,(H,39,40)/t31-/m0/s1. The molecule has 1 aliphatic heterocycles. The first-order chi connectivity index (χ1) is 19.2. The van der Waals surface area contributed by atoms with Gasteiger partial charge in [0.1, 0.15) is 17.0 Å². The summed E-state index contributed by atoms with van der Waals surface area (Å²) in [7, 11) is 1.64. The number of fused-ring (bicyclic) bond motifs is 1. The van der Waals surface area contributed by atoms with Crippen LogP contribution < -0.4 is 10.5 Å². The number of nitrogens with zero attached hydrogens (tertiary/aromatic N) is 4. The fourth-order valence-electron chi connectivity index (χ4n) is 5.03. The second kappa shape index (κ2) is 11.6. The Bertz CT molecular complexity index is 1590. The van der Waals surface area contributed by atoms with E-state index >= 15 is 0 Å². The van der Waals surface area contributed by atoms with Gasteiger partial charge < -0.3 is 14.7 Å². The van der Waals surface area contributed by atoms with Gasteiger partial charge in [-0.3, -0.25) is 19.1 Å². The molecule has 2 heterocycles. The normalized spacial score (nSPS) is 17.4. The molecule has 9 nitrogen and oxygen atoms in total. The summed E-state index contributed by atoms with van der Waals surface area (Å²) in [5.74, 6) is 1.83. The van der Waals surface area contributed by atoms with Crippen LogP contribution in [0.2, 0.25) is 5.02 Å². The number of ether oxygens (including phenoxy) is 1. The van der Waals surface area contributed by atoms with Gasteiger partial charge in [0.2, 0.25) is 0 Å². The molecule has 0 unspecified atom stereocenters. The number of aromatic nitrogens is 2. The van der Waals surface area contributed by atoms with Crippen LogP contribution in [0.3, 0.4) is 0 Å². The quantitative estimate of drug-likeness (QED) is 0.305. The van der Waals surface area contributed by atoms with Crippen molar-refractivity contribution in [3.8, 4) is 12.3 Å². The number of carbonyl (C=O) groups excluding carboxylic acids is 1. The number of likely N-dealkylation sites (tertiary alicyclic amines) is 1. The van der Waals surface area contributed by atoms with E-state index in [2.05, 4.69) is 5.92 Å². The Morgan fingerprint density at radius 1 is 1.24 bits per heavy atom. The molecule has 0 aliphatic carbocycles. The van der Waals surface area contributed by atoms with Gasteiger partial charge in [-0.2, -0.15) is 0 Å². The van der Waals surface area contributed by atoms with Gasteiger partial charge in [0, 0.05) is 24.3 Å². The molecule has 1 N–H and O–H groups in total. The van der Waals surface area contributed by atoms with E-state index in [1.807, 2.05) is 30.6 Å². The Kier molecular flexibility index (Phi) is 8.48. The van der Waals surface area contributed by atoms with Gasteiger partial charge in [-0.1, -0.05) is 17.5 Å². The van der Waals surface area contributed by atoms with E-state index in [1.165, 1.54) is 4.57 Å². The average molecular weight is 579 g/mol. The van der Waals surface area contributed by atoms with Crippen molar-refractivity contribution in [2.24, 2.45) is 7.05 Å². The first-order valence-electron chi connectivity index (χ1n) is 13.4. The molecular weight excluding hydrogens is 544 g/mol. The van der Waals surface area contributed by atoms with Crippen molar-refractivity contribution < 1.29 is 19.4 Å². The Labute approximate surface area is 244 Å². The Morgan fingerprint density at radius 2 is 1.93 bits per heavy atom. The van der Waals surface area contributed by atoms with Crippen molar-refractivity contribution in [1.29, 1.82) is 0 Å². The number of anilines is 1. The number of esters is 1. The van der Waals surface area contributed by atoms with Crippen molar-refractivity contribution in [3.05, 3.63) is 68.7 Å². The van der Waals surface area contributed by atoms with E-state index in [9.17, 15) is 19.5 Å². The van der Waals surface area contributed by atoms with E-state index < -0.39 is 23.1 Å². The zero-order valence-electron chi connectivity index (χ0n) is 24.0. The number of benzene rings is 2. The van der Waals surface area contributed by atoms with E-state index in [0.717, 1.165) is 12.1 Å². The van der Waals surface area contributed by atoms with Gasteiger partial charge >= 0.3 is 11.9 Å². The van der Waals surface area contributed by atoms with Crippen LogP contribution in [-0.4, -0.2) is 55.7 Å². The Hall–Kier alpha value is -3.87. The highest BCUT2D eigenvalue weighted by Gasteiger charge is 2.43. The highest BCUT2D eigenvalue weighted by atomic mass is 35.5. The second-order valence-corrected chi connectivity index (χ2v) is 12.0. The molecule has 1 aromatic heterocycles. The highest BCUT2D eigenvalue weighted by Crippen LogP contribution is 2.31. The summed E-state index contributed by atoms with van der Waals surface area (Å²) in [6.45, 7) is 8.58. The summed E-state index contributed by atoms with van der Waals surface area (Å²) in [6.07, 6.45) is 6.96. The van der Waals surface area contributed by atoms with Crippen LogP contribution in [0.15, 0.2) is 41.2 Å². The van der Waals surface area contributed by atoms with Gasteiger partial charge in [0.15, 0.2) is 0 Å². The van der Waals surface area contributed by atoms with E-state index in [-0.39, 0.29) is 18.6 Å². The van der Waals surface area contributed by atoms with Gasteiger partial charge in [-0.05, 0) is 89.0 Å². The van der Waals surface area contributed by atoms with Crippen molar-refractivity contribution in [1.82, 2.24) is 14.5 Å². The first kappa shape index (κ1) is 30.1. The minimum atomic E-state index is -1.00. The molecule has 0 bridgehead atoms. The summed E-state index contributed by atoms with van der Waals surface area (Å²) in [5.41, 5.74) is 0.492. The minimum absolute atomic E-state index is 0.235. The summed E-state index contributed by atoms with van der Waals surface area (Å²) in [6, 6.07) is 10.4. The van der Waals surface area contributed by atoms with Crippen molar-refractivity contribution in [2.75, 3.05) is 18.0 Å². The van der Waals surface area contributed by atoms with Gasteiger partial charge in [0.05, 0.1) is 29.6 Å². The smallest absolute Gasteiger partial charge is 0.338 e. The van der Waals surface area contributed by atoms with Gasteiger partial charge in [-0.25, -0.2) is 9.78 Å². The zero-order chi connectivity index (χ0) is 30.1. The topological polar surface area (TPSA) is 105 Å². The van der Waals surface area contributed by atoms with Crippen molar-refractivity contribution in [2.45, 2.75) is 64.8 Å². The minimum Gasteiger partial charge on any atom is -0.480 e. The number of rotatable bonds is 8. The van der Waals surface area contributed by atoms with Crippen LogP contribution >= 0.6 is 11.6 Å². The molecular formula is C31H35ClN4O5. The number of hydrogen-bond acceptors (Lipinski definition) is 7. The zero-order valence-corrected chi connectivity index (χ0v) is 24.8. The molecule has 10 heteroatoms. The summed E-state index contributed by atoms with van der Waals surface area (Å²) >= 11 is 6.69. The van der Waals surface area contributed by atoms with Crippen LogP contribution in [0.1, 0.15) is 62.3 Å². The molecule has 1 fully saturated rings. The Balaban J connectivity index is 1.62. The molecule has 0 spiro atoms. The van der Waals surface area contributed by atoms with E-state index in [0.29, 0.717) is 52.4 Å². The summed E-state index contributed by atoms with van der Waals surface area (Å²) in [5, 5.41) is 10.6. The van der Waals surface area contributed by atoms with Crippen LogP contribution in [0.5, 0.6) is 0 Å². The number of carboxylic acid groups (broad SMARTS) is 1. The van der Waals surface area contributed by atoms with Gasteiger partial charge in [-0.15, -0.1) is 6.42 Å². The van der Waals surface area contributed by atoms with Crippen LogP contribution in [0.4, 0.5) is 5.69 Å². The predicted octanol–water partition coefficient (Wildman–Crippen LogP) is 4.62. The largest absolute Gasteiger partial charge is 0.480 e. The third kappa shape index (κ3) is 6.39. The second-order valence-electron chi connectivity index (χ2n) is 11.6. The number of halogens is 1. The third-order valence-electron chi connectivity index (χ3n) is 7.43. The molecule has 0 saturated carbocycles. The fraction of sp³-hybridized carbons (Fsp3) is 0.419. The maximum absolute atomic E-state index is 13.4. The molecule has 4 rings (SSSR count). The summed E-state index contributed by atoms with van der Waals surface area (Å²) < 4.78 is 6.91. The maximum atomic E-state index is 13.4. The number of terminal acetylenes is 1. The van der Waals surface area contributed by atoms with Crippen molar-refractivity contribution in [3.63, 3.8) is 0 Å². The van der Waals surface area contributed by atoms with Crippen LogP contribution in [0, 0.1) is 12.3 Å². The average Bonchev–Trinajstić information content (AvgIpc) is 3.28. The molecule has 3 aromatic rings. The summed E-state index contributed by atoms with van der Waals surface area (Å²) in [4.78, 5) is 46.2. The Morgan fingerprint density at radius 3 is 2.54 bits per heavy atom. The van der Waals surface area contributed by atoms with Crippen LogP contribution in [0.25, 0.3) is 10.9 Å². The molecule has 0 amide bonds. The molecule has 216 valence electrons. The van der Waals surface area contributed by atoms with Crippen molar-refractivity contribution >= 4 is 40.1 Å². The highest BCUT2D eigenvalue weighted by molar-refractivity contribution is 6.32. The number of carbonyl (C=O) groups is 2. The number of carboxylic acids is 1. The van der Waals surface area contributed by atoms with E-state index in [4.69, 9.17) is 27.7 Å². The van der Waals surface area contributed by atoms with E-state index in [1.54, 1.807) is 50.4 Å². The monoisotopic (exact) mass is 578 g/mol. The lowest BCUT2D eigenvalue weighted by Crippen LogP contribution is -2.48. The molecule has 2 aromatic carbocycles. The SMILES string of the molecule is C#CCN(Cc1cc2c(=O)n(C)c(CN3CCC[C@@]3(C)C(=O)O)nc2cc1Cl)c1ccc(C(=O)OC(C)(C)C)cc1. The molecule has 0 radical (unpaired) electrons. The number of aliphatic carboxylic acids is 1. The molecule has 1 saturated heterocycles. The lowest BCUT2D eigenvalue weighted by atomic mass is 9.99. The third-order valence-corrected chi connectivity index (χ3v) is 7.78. The molecule has 1 atom stereocenters. The lowest BCUT2D eigenvalue weighted by Gasteiger charge is -2.31.